The predicted molar refractivity (Wildman–Crippen MR) is 125 cm³/mol. The standard InChI is InChI=1S/C25H39N3O5/c1-2-33-23-17-21-19-27-11-13-31-15-16-32-14-12-28(20-22(18-23)26-21)25(30)10-8-6-4-3-5-7-9-24(27)29/h17-18H,2-16,19-20H2,1H3. The zero-order chi connectivity index (χ0) is 23.3. The highest BCUT2D eigenvalue weighted by atomic mass is 16.5. The molecule has 0 saturated heterocycles. The van der Waals surface area contributed by atoms with E-state index in [1.807, 2.05) is 28.9 Å². The molecule has 2 aliphatic rings. The van der Waals surface area contributed by atoms with Gasteiger partial charge in [0, 0.05) is 38.1 Å². The number of carbonyl (C=O) groups excluding carboxylic acids is 2. The van der Waals surface area contributed by atoms with Crippen molar-refractivity contribution < 1.29 is 23.8 Å². The summed E-state index contributed by atoms with van der Waals surface area (Å²) in [5.74, 6) is 0.975. The quantitative estimate of drug-likeness (QED) is 0.672. The van der Waals surface area contributed by atoms with Crippen molar-refractivity contribution in [1.29, 1.82) is 0 Å². The van der Waals surface area contributed by atoms with Crippen molar-refractivity contribution in [2.24, 2.45) is 0 Å². The number of pyridine rings is 1. The minimum absolute atomic E-state index is 0.130. The number of nitrogens with zero attached hydrogens (tertiary/aromatic N) is 3. The smallest absolute Gasteiger partial charge is 0.222 e. The molecule has 0 radical (unpaired) electrons. The topological polar surface area (TPSA) is 81.2 Å². The third kappa shape index (κ3) is 8.93. The van der Waals surface area contributed by atoms with Crippen molar-refractivity contribution in [3.8, 4) is 5.75 Å². The first kappa shape index (κ1) is 25.4. The number of rotatable bonds is 2. The molecule has 0 spiro atoms. The number of amides is 2. The summed E-state index contributed by atoms with van der Waals surface area (Å²) in [6, 6.07) is 3.80. The fourth-order valence-electron chi connectivity index (χ4n) is 4.25. The number of ether oxygens (including phenoxy) is 3. The molecule has 0 fully saturated rings. The molecule has 4 bridgehead atoms. The van der Waals surface area contributed by atoms with E-state index in [1.54, 1.807) is 0 Å². The van der Waals surface area contributed by atoms with E-state index in [9.17, 15) is 9.59 Å². The van der Waals surface area contributed by atoms with Crippen molar-refractivity contribution in [3.05, 3.63) is 23.5 Å². The molecule has 0 aliphatic carbocycles. The summed E-state index contributed by atoms with van der Waals surface area (Å²) in [5, 5.41) is 0. The lowest BCUT2D eigenvalue weighted by Gasteiger charge is -2.24. The largest absolute Gasteiger partial charge is 0.494 e. The average Bonchev–Trinajstić information content (AvgIpc) is 2.80. The molecule has 1 aromatic rings. The Balaban J connectivity index is 1.92. The van der Waals surface area contributed by atoms with Crippen LogP contribution in [-0.2, 0) is 32.2 Å². The Labute approximate surface area is 197 Å². The Hall–Kier alpha value is -2.19. The van der Waals surface area contributed by atoms with Gasteiger partial charge in [-0.05, 0) is 19.8 Å². The molecule has 0 unspecified atom stereocenters. The number of hydrogen-bond donors (Lipinski definition) is 0. The fourth-order valence-corrected chi connectivity index (χ4v) is 4.25. The number of aromatic nitrogens is 1. The summed E-state index contributed by atoms with van der Waals surface area (Å²) in [6.07, 6.45) is 7.11. The fraction of sp³-hybridized carbons (Fsp3) is 0.720. The van der Waals surface area contributed by atoms with Gasteiger partial charge in [0.15, 0.2) is 0 Å². The molecule has 0 atom stereocenters. The number of hydrogen-bond acceptors (Lipinski definition) is 6. The molecule has 1 aromatic heterocycles. The first-order valence-corrected chi connectivity index (χ1v) is 12.5. The third-order valence-corrected chi connectivity index (χ3v) is 6.04. The van der Waals surface area contributed by atoms with Crippen LogP contribution in [0.25, 0.3) is 0 Å². The van der Waals surface area contributed by atoms with E-state index in [0.29, 0.717) is 77.8 Å². The van der Waals surface area contributed by atoms with Gasteiger partial charge in [-0.15, -0.1) is 0 Å². The maximum atomic E-state index is 13.0. The lowest BCUT2D eigenvalue weighted by molar-refractivity contribution is -0.134. The van der Waals surface area contributed by atoms with Crippen LogP contribution < -0.4 is 4.74 Å². The summed E-state index contributed by atoms with van der Waals surface area (Å²) < 4.78 is 17.2. The van der Waals surface area contributed by atoms with Crippen molar-refractivity contribution in [2.75, 3.05) is 46.1 Å². The Kier molecular flexibility index (Phi) is 10.9. The molecular weight excluding hydrogens is 422 g/mol. The van der Waals surface area contributed by atoms with E-state index in [1.165, 1.54) is 0 Å². The van der Waals surface area contributed by atoms with Crippen LogP contribution in [0.4, 0.5) is 0 Å². The molecule has 0 saturated carbocycles. The van der Waals surface area contributed by atoms with Crippen molar-refractivity contribution in [1.82, 2.24) is 14.8 Å². The molecule has 0 aromatic carbocycles. The van der Waals surface area contributed by atoms with Crippen LogP contribution in [-0.4, -0.2) is 72.7 Å². The van der Waals surface area contributed by atoms with E-state index >= 15 is 0 Å². The highest BCUT2D eigenvalue weighted by Gasteiger charge is 2.19. The van der Waals surface area contributed by atoms with Crippen molar-refractivity contribution in [2.45, 2.75) is 71.4 Å². The molecule has 33 heavy (non-hydrogen) atoms. The van der Waals surface area contributed by atoms with Crippen LogP contribution in [0.15, 0.2) is 12.1 Å². The van der Waals surface area contributed by atoms with Gasteiger partial charge >= 0.3 is 0 Å². The van der Waals surface area contributed by atoms with Crippen LogP contribution in [0.2, 0.25) is 0 Å². The van der Waals surface area contributed by atoms with E-state index in [4.69, 9.17) is 19.2 Å². The van der Waals surface area contributed by atoms with Crippen molar-refractivity contribution in [3.63, 3.8) is 0 Å². The van der Waals surface area contributed by atoms with E-state index in [-0.39, 0.29) is 11.8 Å². The van der Waals surface area contributed by atoms with Gasteiger partial charge in [-0.2, -0.15) is 0 Å². The normalized spacial score (nSPS) is 20.6. The second-order valence-electron chi connectivity index (χ2n) is 8.70. The van der Waals surface area contributed by atoms with Gasteiger partial charge < -0.3 is 24.0 Å². The second kappa shape index (κ2) is 14.2. The molecular formula is C25H39N3O5. The summed E-state index contributed by atoms with van der Waals surface area (Å²) >= 11 is 0. The molecule has 3 heterocycles. The van der Waals surface area contributed by atoms with Crippen LogP contribution in [0, 0.1) is 0 Å². The Morgan fingerprint density at radius 1 is 0.788 bits per heavy atom. The van der Waals surface area contributed by atoms with Gasteiger partial charge in [0.05, 0.1) is 57.5 Å². The van der Waals surface area contributed by atoms with Gasteiger partial charge in [-0.3, -0.25) is 14.6 Å². The van der Waals surface area contributed by atoms with Gasteiger partial charge in [0.25, 0.3) is 0 Å². The van der Waals surface area contributed by atoms with Crippen LogP contribution >= 0.6 is 0 Å². The SMILES string of the molecule is CCOc1cc2nc(c1)CN1CCOCCOCCN(C2)C(=O)CCCCCCCCC1=O. The van der Waals surface area contributed by atoms with Gasteiger partial charge in [-0.1, -0.05) is 25.7 Å². The predicted octanol–water partition coefficient (Wildman–Crippen LogP) is 3.32. The van der Waals surface area contributed by atoms with Gasteiger partial charge in [-0.25, -0.2) is 0 Å². The highest BCUT2D eigenvalue weighted by Crippen LogP contribution is 2.19. The average molecular weight is 462 g/mol. The van der Waals surface area contributed by atoms with E-state index in [2.05, 4.69) is 0 Å². The van der Waals surface area contributed by atoms with Gasteiger partial charge in [0.1, 0.15) is 5.75 Å². The lowest BCUT2D eigenvalue weighted by Crippen LogP contribution is -2.34. The summed E-state index contributed by atoms with van der Waals surface area (Å²) in [6.45, 7) is 6.16. The monoisotopic (exact) mass is 461 g/mol. The molecule has 0 N–H and O–H groups in total. The molecule has 8 heteroatoms. The molecule has 8 nitrogen and oxygen atoms in total. The van der Waals surface area contributed by atoms with Crippen LogP contribution in [0.5, 0.6) is 5.75 Å². The molecule has 184 valence electrons. The Bertz CT molecular complexity index is 701. The van der Waals surface area contributed by atoms with Crippen molar-refractivity contribution >= 4 is 11.8 Å². The van der Waals surface area contributed by atoms with Gasteiger partial charge in [0.2, 0.25) is 11.8 Å². The molecule has 2 amide bonds. The highest BCUT2D eigenvalue weighted by molar-refractivity contribution is 5.76. The van der Waals surface area contributed by atoms with Crippen LogP contribution in [0.1, 0.15) is 69.7 Å². The second-order valence-corrected chi connectivity index (χ2v) is 8.70. The van der Waals surface area contributed by atoms with E-state index in [0.717, 1.165) is 49.9 Å². The maximum absolute atomic E-state index is 13.0. The maximum Gasteiger partial charge on any atom is 0.222 e. The first-order valence-electron chi connectivity index (χ1n) is 12.5. The van der Waals surface area contributed by atoms with E-state index < -0.39 is 0 Å². The minimum atomic E-state index is 0.130. The third-order valence-electron chi connectivity index (χ3n) is 6.04. The number of carbonyl (C=O) groups is 2. The minimum Gasteiger partial charge on any atom is -0.494 e. The Morgan fingerprint density at radius 2 is 1.27 bits per heavy atom. The number of fused-ring (bicyclic) bond motifs is 2. The first-order chi connectivity index (χ1) is 16.2. The molecule has 3 rings (SSSR count). The molecule has 2 aliphatic heterocycles. The lowest BCUT2D eigenvalue weighted by atomic mass is 10.1. The summed E-state index contributed by atoms with van der Waals surface area (Å²) in [7, 11) is 0. The van der Waals surface area contributed by atoms with Crippen LogP contribution in [0.3, 0.4) is 0 Å². The Morgan fingerprint density at radius 3 is 1.76 bits per heavy atom. The summed E-state index contributed by atoms with van der Waals surface area (Å²) in [4.78, 5) is 34.5. The summed E-state index contributed by atoms with van der Waals surface area (Å²) in [5.41, 5.74) is 1.54. The zero-order valence-corrected chi connectivity index (χ0v) is 20.1. The zero-order valence-electron chi connectivity index (χ0n) is 20.1.